The number of aliphatic imine (C=N–C) groups is 3. The molecule has 26 heteroatoms. The first kappa shape index (κ1) is 54.6. The highest BCUT2D eigenvalue weighted by Crippen LogP contribution is 2.39. The lowest BCUT2D eigenvalue weighted by Crippen LogP contribution is -2.33. The zero-order valence-corrected chi connectivity index (χ0v) is 39.9. The number of ether oxygens (including phenoxy) is 5. The fraction of sp³-hybridized carbons (Fsp3) is 0.160. The molecule has 0 heterocycles. The molecule has 6 aromatic carbocycles. The maximum absolute atomic E-state index is 12.7. The molecule has 0 saturated carbocycles. The standard InChI is InChI=1S/C50H42N12O14/c1-72-46-28-44(59-58-43-16-15-42(62(70)71)27-47(43)73-21-22-76-50(69)56-40-10-4-7-37(26-40)53-32-66)33(29-63)23-45(46)60-57-34-11-13-41(14-12-34)61(17-19-74-48(67)54-38-8-2-5-35(24-38)51-30-64)18-20-75-49(68)55-39-9-3-6-36(25-39)52-31-65/h2-16,23-28,63H,17-22,29H2,1H3,(H,54,67)(H,55,68)(H,56,69). The Morgan fingerprint density at radius 1 is 0.566 bits per heavy atom. The number of isocyanates is 3. The zero-order chi connectivity index (χ0) is 54.1. The Balaban J connectivity index is 1.11. The van der Waals surface area contributed by atoms with Gasteiger partial charge in [-0.1, -0.05) is 18.2 Å². The molecule has 0 aliphatic rings. The number of carbonyl (C=O) groups excluding carboxylic acids is 6. The van der Waals surface area contributed by atoms with Gasteiger partial charge in [-0.05, 0) is 91.0 Å². The van der Waals surface area contributed by atoms with Crippen LogP contribution in [0.5, 0.6) is 11.5 Å². The highest BCUT2D eigenvalue weighted by molar-refractivity contribution is 5.86. The van der Waals surface area contributed by atoms with E-state index < -0.39 is 29.8 Å². The molecule has 0 spiro atoms. The van der Waals surface area contributed by atoms with Crippen molar-refractivity contribution in [2.75, 3.05) is 67.5 Å². The average Bonchev–Trinajstić information content (AvgIpc) is 3.41. The largest absolute Gasteiger partial charge is 0.494 e. The van der Waals surface area contributed by atoms with E-state index in [0.717, 1.165) is 6.07 Å². The molecular weight excluding hydrogens is 993 g/mol. The maximum atomic E-state index is 12.7. The number of methoxy groups -OCH3 is 1. The molecule has 6 rings (SSSR count). The Labute approximate surface area is 430 Å². The number of hydrogen-bond donors (Lipinski definition) is 4. The summed E-state index contributed by atoms with van der Waals surface area (Å²) in [6.45, 7) is -0.998. The molecule has 0 saturated heterocycles. The van der Waals surface area contributed by atoms with Crippen LogP contribution in [0, 0.1) is 10.1 Å². The summed E-state index contributed by atoms with van der Waals surface area (Å²) >= 11 is 0. The lowest BCUT2D eigenvalue weighted by Gasteiger charge is -2.24. The van der Waals surface area contributed by atoms with Crippen LogP contribution in [0.3, 0.4) is 0 Å². The fourth-order valence-corrected chi connectivity index (χ4v) is 6.56. The third-order valence-corrected chi connectivity index (χ3v) is 10.0. The van der Waals surface area contributed by atoms with Crippen molar-refractivity contribution in [3.05, 3.63) is 143 Å². The summed E-state index contributed by atoms with van der Waals surface area (Å²) in [5, 5.41) is 46.7. The van der Waals surface area contributed by atoms with Crippen molar-refractivity contribution in [2.24, 2.45) is 35.4 Å². The van der Waals surface area contributed by atoms with Crippen LogP contribution in [0.25, 0.3) is 0 Å². The number of carbonyl (C=O) groups is 3. The first-order chi connectivity index (χ1) is 37.0. The van der Waals surface area contributed by atoms with E-state index in [1.165, 1.54) is 73.9 Å². The van der Waals surface area contributed by atoms with Crippen LogP contribution in [0.1, 0.15) is 5.56 Å². The maximum Gasteiger partial charge on any atom is 0.411 e. The number of nitrogens with zero attached hydrogens (tertiary/aromatic N) is 9. The molecular formula is C50H42N12O14. The van der Waals surface area contributed by atoms with Crippen molar-refractivity contribution >= 4 is 105 Å². The summed E-state index contributed by atoms with van der Waals surface area (Å²) in [6.07, 6.45) is 1.87. The van der Waals surface area contributed by atoms with Gasteiger partial charge in [0, 0.05) is 40.4 Å². The van der Waals surface area contributed by atoms with Crippen LogP contribution in [-0.2, 0) is 35.2 Å². The van der Waals surface area contributed by atoms with Gasteiger partial charge in [0.2, 0.25) is 18.2 Å². The second-order valence-corrected chi connectivity index (χ2v) is 15.0. The lowest BCUT2D eigenvalue weighted by atomic mass is 10.1. The number of anilines is 4. The van der Waals surface area contributed by atoms with Gasteiger partial charge in [0.05, 0.1) is 66.2 Å². The van der Waals surface area contributed by atoms with Gasteiger partial charge in [0.25, 0.3) is 5.69 Å². The van der Waals surface area contributed by atoms with Crippen molar-refractivity contribution in [2.45, 2.75) is 6.61 Å². The summed E-state index contributed by atoms with van der Waals surface area (Å²) in [6, 6.07) is 31.7. The minimum Gasteiger partial charge on any atom is -0.494 e. The number of amides is 3. The monoisotopic (exact) mass is 1030 g/mol. The Bertz CT molecular complexity index is 3180. The molecule has 0 fully saturated rings. The van der Waals surface area contributed by atoms with Gasteiger partial charge in [-0.3, -0.25) is 26.1 Å². The van der Waals surface area contributed by atoms with Gasteiger partial charge in [-0.25, -0.2) is 28.8 Å². The summed E-state index contributed by atoms with van der Waals surface area (Å²) in [5.41, 5.74) is 3.15. The quantitative estimate of drug-likeness (QED) is 0.00832. The predicted molar refractivity (Wildman–Crippen MR) is 272 cm³/mol. The molecule has 4 N–H and O–H groups in total. The summed E-state index contributed by atoms with van der Waals surface area (Å²) < 4.78 is 27.2. The van der Waals surface area contributed by atoms with Gasteiger partial charge >= 0.3 is 18.3 Å². The average molecular weight is 1030 g/mol. The molecule has 0 unspecified atom stereocenters. The van der Waals surface area contributed by atoms with Crippen LogP contribution in [0.2, 0.25) is 0 Å². The molecule has 0 radical (unpaired) electrons. The molecule has 0 aliphatic heterocycles. The topological polar surface area (TPSA) is 338 Å². The molecule has 0 atom stereocenters. The third-order valence-electron chi connectivity index (χ3n) is 10.0. The van der Waals surface area contributed by atoms with Crippen molar-refractivity contribution in [1.82, 2.24) is 0 Å². The van der Waals surface area contributed by atoms with Crippen molar-refractivity contribution in [3.63, 3.8) is 0 Å². The van der Waals surface area contributed by atoms with Gasteiger partial charge in [0.1, 0.15) is 43.6 Å². The van der Waals surface area contributed by atoms with Gasteiger partial charge in [-0.15, -0.1) is 15.3 Å². The number of rotatable bonds is 24. The number of non-ortho nitro benzene ring substituents is 1. The minimum absolute atomic E-state index is 0.0582. The van der Waals surface area contributed by atoms with E-state index >= 15 is 0 Å². The highest BCUT2D eigenvalue weighted by Gasteiger charge is 2.16. The Morgan fingerprint density at radius 2 is 1.07 bits per heavy atom. The van der Waals surface area contributed by atoms with Crippen LogP contribution in [-0.4, -0.2) is 93.2 Å². The third kappa shape index (κ3) is 16.9. The van der Waals surface area contributed by atoms with E-state index in [2.05, 4.69) is 51.4 Å². The molecule has 6 aromatic rings. The fourth-order valence-electron chi connectivity index (χ4n) is 6.56. The number of nitro groups is 1. The molecule has 386 valence electrons. The Kier molecular flexibility index (Phi) is 20.3. The van der Waals surface area contributed by atoms with Crippen LogP contribution < -0.4 is 30.3 Å². The summed E-state index contributed by atoms with van der Waals surface area (Å²) in [5.74, 6) is 0.123. The van der Waals surface area contributed by atoms with E-state index in [4.69, 9.17) is 23.7 Å². The molecule has 0 aromatic heterocycles. The van der Waals surface area contributed by atoms with E-state index in [0.29, 0.717) is 28.4 Å². The Hall–Kier alpha value is -10.8. The van der Waals surface area contributed by atoms with Crippen LogP contribution in [0.15, 0.2) is 163 Å². The highest BCUT2D eigenvalue weighted by atomic mass is 16.6. The second-order valence-electron chi connectivity index (χ2n) is 15.0. The molecule has 0 aliphatic carbocycles. The van der Waals surface area contributed by atoms with Gasteiger partial charge in [-0.2, -0.15) is 20.1 Å². The van der Waals surface area contributed by atoms with Crippen molar-refractivity contribution < 1.29 is 62.5 Å². The van der Waals surface area contributed by atoms with Crippen molar-refractivity contribution in [3.8, 4) is 11.5 Å². The molecule has 76 heavy (non-hydrogen) atoms. The number of hydrogen-bond acceptors (Lipinski definition) is 22. The van der Waals surface area contributed by atoms with Crippen LogP contribution in [0.4, 0.5) is 82.6 Å². The zero-order valence-electron chi connectivity index (χ0n) is 39.9. The number of aliphatic hydroxyl groups is 1. The summed E-state index contributed by atoms with van der Waals surface area (Å²) in [4.78, 5) is 92.9. The van der Waals surface area contributed by atoms with Crippen molar-refractivity contribution in [1.29, 1.82) is 0 Å². The smallest absolute Gasteiger partial charge is 0.411 e. The molecule has 0 bridgehead atoms. The normalized spacial score (nSPS) is 10.5. The SMILES string of the molecule is COc1cc(N=Nc2ccc([N+](=O)[O-])cc2OCCOC(=O)Nc2cccc(N=C=O)c2)c(CO)cc1N=Nc1ccc(N(CCOC(=O)Nc2cccc(N=C=O)c2)CCOC(=O)Nc2cccc(N=C=O)c2)cc1. The summed E-state index contributed by atoms with van der Waals surface area (Å²) in [7, 11) is 1.38. The minimum atomic E-state index is -0.848. The van der Waals surface area contributed by atoms with E-state index in [9.17, 15) is 44.0 Å². The number of aliphatic hydroxyl groups excluding tert-OH is 1. The number of azo groups is 2. The Morgan fingerprint density at radius 3 is 1.55 bits per heavy atom. The van der Waals surface area contributed by atoms with Gasteiger partial charge < -0.3 is 33.7 Å². The van der Waals surface area contributed by atoms with Crippen LogP contribution >= 0.6 is 0 Å². The second kappa shape index (κ2) is 28.3. The lowest BCUT2D eigenvalue weighted by molar-refractivity contribution is -0.384. The van der Waals surface area contributed by atoms with E-state index in [-0.39, 0.29) is 96.4 Å². The number of benzene rings is 6. The number of nitrogens with one attached hydrogen (secondary N) is 3. The molecule has 3 amide bonds. The first-order valence-corrected chi connectivity index (χ1v) is 22.2. The molecule has 26 nitrogen and oxygen atoms in total. The predicted octanol–water partition coefficient (Wildman–Crippen LogP) is 10.8. The van der Waals surface area contributed by atoms with Gasteiger partial charge in [0.15, 0.2) is 5.75 Å². The first-order valence-electron chi connectivity index (χ1n) is 22.2. The van der Waals surface area contributed by atoms with E-state index in [1.54, 1.807) is 77.7 Å². The van der Waals surface area contributed by atoms with E-state index in [1.807, 2.05) is 0 Å². The number of nitro benzene ring substituents is 1.